The molecule has 0 aromatic heterocycles. The lowest BCUT2D eigenvalue weighted by molar-refractivity contribution is 0.0683. The third kappa shape index (κ3) is 14.5. The molecule has 2 unspecified atom stereocenters. The van der Waals surface area contributed by atoms with Gasteiger partial charge in [-0.3, -0.25) is 9.97 Å². The number of hydrogen-bond acceptors (Lipinski definition) is 8. The number of allylic oxidation sites excluding steroid dienone is 7. The predicted octanol–water partition coefficient (Wildman–Crippen LogP) is 8.71. The van der Waals surface area contributed by atoms with Gasteiger partial charge in [0.15, 0.2) is 6.35 Å². The molecule has 6 N–H and O–H groups in total. The first-order valence-corrected chi connectivity index (χ1v) is 20.0. The van der Waals surface area contributed by atoms with Gasteiger partial charge in [-0.1, -0.05) is 87.2 Å². The Hall–Kier alpha value is -4.41. The number of carbonyl (C=O) groups excluding carboxylic acids is 1. The molecule has 0 radical (unpaired) electrons. The van der Waals surface area contributed by atoms with Gasteiger partial charge in [-0.05, 0) is 87.4 Å². The fourth-order valence-corrected chi connectivity index (χ4v) is 7.06. The summed E-state index contributed by atoms with van der Waals surface area (Å²) in [4.78, 5) is 17.5. The summed E-state index contributed by atoms with van der Waals surface area (Å²) in [5, 5.41) is 19.1. The molecule has 53 heavy (non-hydrogen) atoms. The van der Waals surface area contributed by atoms with Crippen molar-refractivity contribution in [2.24, 2.45) is 5.73 Å². The first-order valence-electron chi connectivity index (χ1n) is 18.3. The molecular weight excluding hydrogens is 689 g/mol. The Kier molecular flexibility index (Phi) is 19.7. The maximum Gasteiger partial charge on any atom is 0.367 e. The number of nitrogen functional groups attached to an aromatic ring is 2. The molecule has 4 rings (SSSR count). The summed E-state index contributed by atoms with van der Waals surface area (Å²) in [6, 6.07) is 11.5. The molecule has 2 amide bonds. The highest BCUT2D eigenvalue weighted by atomic mass is 31.2. The van der Waals surface area contributed by atoms with Crippen molar-refractivity contribution in [2.45, 2.75) is 85.5 Å². The number of carbonyl (C=O) groups is 1. The van der Waals surface area contributed by atoms with Crippen LogP contribution in [0, 0.1) is 5.41 Å². The Labute approximate surface area is 316 Å². The van der Waals surface area contributed by atoms with Gasteiger partial charge in [-0.15, -0.1) is 0 Å². The predicted molar refractivity (Wildman–Crippen MR) is 217 cm³/mol. The number of benzene rings is 2. The summed E-state index contributed by atoms with van der Waals surface area (Å²) in [6.45, 7) is 18.5. The van der Waals surface area contributed by atoms with Crippen molar-refractivity contribution < 1.29 is 28.3 Å². The van der Waals surface area contributed by atoms with Gasteiger partial charge in [0.25, 0.3) is 0 Å². The van der Waals surface area contributed by atoms with Crippen molar-refractivity contribution in [2.75, 3.05) is 31.8 Å². The number of amides is 2. The van der Waals surface area contributed by atoms with Crippen molar-refractivity contribution in [1.29, 1.82) is 5.41 Å². The lowest BCUT2D eigenvalue weighted by Crippen LogP contribution is -2.48. The third-order valence-electron chi connectivity index (χ3n) is 8.37. The number of hydrogen-bond donors (Lipinski definition) is 4. The number of ether oxygens (including phenoxy) is 1. The average molecular weight is 750 g/mol. The molecule has 0 saturated carbocycles. The van der Waals surface area contributed by atoms with Gasteiger partial charge in [0, 0.05) is 30.9 Å². The van der Waals surface area contributed by atoms with Gasteiger partial charge in [0.2, 0.25) is 0 Å². The summed E-state index contributed by atoms with van der Waals surface area (Å²) >= 11 is 0. The number of anilines is 1. The fraction of sp³-hybridized carbons (Fsp3) is 0.415. The van der Waals surface area contributed by atoms with E-state index in [0.29, 0.717) is 36.4 Å². The molecule has 290 valence electrons. The van der Waals surface area contributed by atoms with Gasteiger partial charge in [0.05, 0.1) is 25.4 Å². The molecular formula is C41H60N5O6P. The Morgan fingerprint density at radius 1 is 1.06 bits per heavy atom. The second kappa shape index (κ2) is 23.3. The molecule has 1 saturated heterocycles. The van der Waals surface area contributed by atoms with Crippen LogP contribution in [0.25, 0.3) is 0 Å². The monoisotopic (exact) mass is 749 g/mol. The third-order valence-corrected chi connectivity index (χ3v) is 10.1. The summed E-state index contributed by atoms with van der Waals surface area (Å²) in [5.41, 5.74) is 16.3. The zero-order valence-electron chi connectivity index (χ0n) is 32.1. The van der Waals surface area contributed by atoms with Crippen molar-refractivity contribution in [3.63, 3.8) is 0 Å². The first kappa shape index (κ1) is 44.7. The molecule has 11 nitrogen and oxygen atoms in total. The van der Waals surface area contributed by atoms with Crippen LogP contribution in [0.3, 0.4) is 0 Å². The van der Waals surface area contributed by atoms with Crippen LogP contribution in [0.1, 0.15) is 77.0 Å². The molecule has 1 aliphatic heterocycles. The van der Waals surface area contributed by atoms with Gasteiger partial charge in [0.1, 0.15) is 11.6 Å². The summed E-state index contributed by atoms with van der Waals surface area (Å²) in [6.07, 6.45) is 14.0. The lowest BCUT2D eigenvalue weighted by Gasteiger charge is -2.35. The van der Waals surface area contributed by atoms with E-state index in [1.807, 2.05) is 32.1 Å². The topological polar surface area (TPSA) is 164 Å². The van der Waals surface area contributed by atoms with Crippen LogP contribution >= 0.6 is 7.60 Å². The number of aliphatic hydroxyl groups excluding tert-OH is 1. The number of nitrogens with zero attached hydrogens (tertiary/aromatic N) is 2. The minimum atomic E-state index is -3.38. The van der Waals surface area contributed by atoms with Crippen LogP contribution in [-0.2, 0) is 26.7 Å². The first-order chi connectivity index (χ1) is 25.4. The molecule has 0 spiro atoms. The second-order valence-corrected chi connectivity index (χ2v) is 14.3. The molecule has 0 bridgehead atoms. The van der Waals surface area contributed by atoms with E-state index in [1.54, 1.807) is 66.1 Å². The molecule has 2 aromatic rings. The maximum absolute atomic E-state index is 14.1. The van der Waals surface area contributed by atoms with Crippen molar-refractivity contribution >= 4 is 25.1 Å². The summed E-state index contributed by atoms with van der Waals surface area (Å²) in [5.74, 6) is 0.321. The number of aliphatic hydroxyl groups is 1. The van der Waals surface area contributed by atoms with E-state index in [4.69, 9.17) is 30.7 Å². The van der Waals surface area contributed by atoms with Crippen molar-refractivity contribution in [1.82, 2.24) is 9.80 Å². The Morgan fingerprint density at radius 2 is 1.72 bits per heavy atom. The summed E-state index contributed by atoms with van der Waals surface area (Å²) < 4.78 is 29.1. The Bertz CT molecular complexity index is 1630. The molecule has 2 aliphatic rings. The van der Waals surface area contributed by atoms with Crippen LogP contribution < -0.4 is 16.2 Å². The second-order valence-electron chi connectivity index (χ2n) is 12.3. The smallest absolute Gasteiger partial charge is 0.367 e. The molecule has 1 fully saturated rings. The standard InChI is InChI=1S/C32H44N5O6P.C7H10.C2H6/c1-5-9-23(6-2)19-29-30(38)16-17-36(20-25-12-15-28(33)27(18-25)31(34)35)32(39)37(29)21-24-10-13-26(14-11-24)41-22-44(40,42-7-3)43-8-4;1-7-5-3-2-4-6-7;1-2/h5-6,9-15,18,29-30,38H,1-2,7-8,16-17,19-22,33H2,3-4H3,(H3,34,35);3,5-6H,2,4H2,1H3;1-2H3/b23-9+;;. The minimum Gasteiger partial charge on any atom is -0.481 e. The maximum atomic E-state index is 14.1. The summed E-state index contributed by atoms with van der Waals surface area (Å²) in [7, 11) is -3.38. The molecule has 2 aromatic carbocycles. The number of nitrogens with two attached hydrogens (primary N) is 2. The zero-order valence-corrected chi connectivity index (χ0v) is 33.0. The van der Waals surface area contributed by atoms with E-state index in [0.717, 1.165) is 16.7 Å². The molecule has 12 heteroatoms. The van der Waals surface area contributed by atoms with Crippen molar-refractivity contribution in [3.8, 4) is 5.75 Å². The molecule has 1 heterocycles. The van der Waals surface area contributed by atoms with E-state index >= 15 is 0 Å². The zero-order chi connectivity index (χ0) is 39.4. The van der Waals surface area contributed by atoms with Crippen LogP contribution in [0.4, 0.5) is 10.5 Å². The van der Waals surface area contributed by atoms with Crippen LogP contribution in [-0.4, -0.2) is 65.0 Å². The quantitative estimate of drug-likeness (QED) is 0.0435. The van der Waals surface area contributed by atoms with E-state index in [1.165, 1.54) is 18.4 Å². The Balaban J connectivity index is 0.000000951. The highest BCUT2D eigenvalue weighted by molar-refractivity contribution is 7.53. The van der Waals surface area contributed by atoms with E-state index < -0.39 is 19.7 Å². The highest BCUT2D eigenvalue weighted by Crippen LogP contribution is 2.47. The van der Waals surface area contributed by atoms with Gasteiger partial charge in [-0.25, -0.2) is 4.79 Å². The van der Waals surface area contributed by atoms with E-state index in [-0.39, 0.29) is 44.5 Å². The largest absolute Gasteiger partial charge is 0.481 e. The van der Waals surface area contributed by atoms with Gasteiger partial charge < -0.3 is 40.2 Å². The number of nitrogens with one attached hydrogen (secondary N) is 1. The van der Waals surface area contributed by atoms with E-state index in [2.05, 4.69) is 38.3 Å². The van der Waals surface area contributed by atoms with Crippen molar-refractivity contribution in [3.05, 3.63) is 120 Å². The molecule has 2 atom stereocenters. The normalized spacial score (nSPS) is 17.4. The van der Waals surface area contributed by atoms with Crippen LogP contribution in [0.5, 0.6) is 5.75 Å². The van der Waals surface area contributed by atoms with Gasteiger partial charge in [-0.2, -0.15) is 0 Å². The van der Waals surface area contributed by atoms with Gasteiger partial charge >= 0.3 is 13.6 Å². The number of amidine groups is 1. The highest BCUT2D eigenvalue weighted by Gasteiger charge is 2.36. The van der Waals surface area contributed by atoms with E-state index in [9.17, 15) is 14.5 Å². The Morgan fingerprint density at radius 3 is 2.25 bits per heavy atom. The lowest BCUT2D eigenvalue weighted by atomic mass is 9.97. The average Bonchev–Trinajstić information content (AvgIpc) is 3.25. The SMILES string of the molecule is C=C/C=C(\C=C)CC1C(O)CCN(Cc2ccc(N)c(C(=N)N)c2)C(=O)N1Cc1ccc(OCP(=O)(OCC)OCC)cc1.CC.CC1=CCCC=C1. The molecule has 1 aliphatic carbocycles. The number of rotatable bonds is 16. The van der Waals surface area contributed by atoms with Crippen LogP contribution in [0.2, 0.25) is 0 Å². The number of urea groups is 1. The van der Waals surface area contributed by atoms with Crippen LogP contribution in [0.15, 0.2) is 103 Å². The minimum absolute atomic E-state index is 0.152. The fourth-order valence-electron chi connectivity index (χ4n) is 5.74.